The van der Waals surface area contributed by atoms with Crippen LogP contribution in [0.25, 0.3) is 0 Å². The lowest BCUT2D eigenvalue weighted by Gasteiger charge is -2.22. The zero-order chi connectivity index (χ0) is 14.8. The number of aliphatic hydroxyl groups excluding tert-OH is 1. The second kappa shape index (κ2) is 6.12. The predicted octanol–water partition coefficient (Wildman–Crippen LogP) is 2.00. The predicted molar refractivity (Wildman–Crippen MR) is 78.1 cm³/mol. The second-order valence-corrected chi connectivity index (χ2v) is 5.84. The number of carbonyl (C=O) groups is 1. The number of nitrogens with one attached hydrogen (secondary N) is 1. The number of aliphatic hydroxyl groups is 1. The maximum atomic E-state index is 12.4. The summed E-state index contributed by atoms with van der Waals surface area (Å²) >= 11 is 6.14. The van der Waals surface area contributed by atoms with Crippen LogP contribution >= 0.6 is 11.6 Å². The van der Waals surface area contributed by atoms with Crippen LogP contribution in [0.4, 0.5) is 0 Å². The largest absolute Gasteiger partial charge is 0.486 e. The molecule has 0 radical (unpaired) electrons. The first-order valence-corrected chi connectivity index (χ1v) is 7.57. The third kappa shape index (κ3) is 2.94. The molecule has 0 spiro atoms. The van der Waals surface area contributed by atoms with E-state index in [9.17, 15) is 9.90 Å². The molecule has 21 heavy (non-hydrogen) atoms. The van der Waals surface area contributed by atoms with Gasteiger partial charge in [-0.1, -0.05) is 18.0 Å². The van der Waals surface area contributed by atoms with Gasteiger partial charge in [-0.05, 0) is 25.0 Å². The van der Waals surface area contributed by atoms with Crippen molar-refractivity contribution in [1.29, 1.82) is 0 Å². The van der Waals surface area contributed by atoms with Crippen molar-refractivity contribution in [2.24, 2.45) is 5.92 Å². The molecule has 3 rings (SSSR count). The summed E-state index contributed by atoms with van der Waals surface area (Å²) in [5.41, 5.74) is 0.452. The molecule has 2 N–H and O–H groups in total. The van der Waals surface area contributed by atoms with Crippen molar-refractivity contribution in [1.82, 2.24) is 5.32 Å². The normalized spacial score (nSPS) is 23.9. The summed E-state index contributed by atoms with van der Waals surface area (Å²) in [6, 6.07) is 3.26. The van der Waals surface area contributed by atoms with Crippen molar-refractivity contribution in [3.05, 3.63) is 22.7 Å². The molecule has 0 saturated heterocycles. The number of benzene rings is 1. The van der Waals surface area contributed by atoms with Gasteiger partial charge in [-0.15, -0.1) is 0 Å². The molecule has 6 heteroatoms. The van der Waals surface area contributed by atoms with Gasteiger partial charge in [0.1, 0.15) is 13.2 Å². The monoisotopic (exact) mass is 311 g/mol. The summed E-state index contributed by atoms with van der Waals surface area (Å²) in [5.74, 6) is 0.943. The number of hydrogen-bond donors (Lipinski definition) is 2. The minimum Gasteiger partial charge on any atom is -0.486 e. The fraction of sp³-hybridized carbons (Fsp3) is 0.533. The van der Waals surface area contributed by atoms with E-state index in [1.807, 2.05) is 0 Å². The Labute approximate surface area is 128 Å². The number of carbonyl (C=O) groups excluding carboxylic acids is 1. The molecule has 1 aromatic carbocycles. The summed E-state index contributed by atoms with van der Waals surface area (Å²) < 4.78 is 10.9. The van der Waals surface area contributed by atoms with E-state index >= 15 is 0 Å². The Kier molecular flexibility index (Phi) is 4.22. The molecule has 0 bridgehead atoms. The van der Waals surface area contributed by atoms with Gasteiger partial charge in [-0.25, -0.2) is 0 Å². The molecule has 2 atom stereocenters. The third-order valence-electron chi connectivity index (χ3n) is 4.07. The molecule has 1 aliphatic carbocycles. The number of amides is 1. The van der Waals surface area contributed by atoms with Gasteiger partial charge in [0.25, 0.3) is 5.91 Å². The van der Waals surface area contributed by atoms with Crippen LogP contribution in [0.2, 0.25) is 5.02 Å². The minimum atomic E-state index is -0.195. The van der Waals surface area contributed by atoms with Crippen LogP contribution < -0.4 is 14.8 Å². The summed E-state index contributed by atoms with van der Waals surface area (Å²) in [4.78, 5) is 12.4. The van der Waals surface area contributed by atoms with Gasteiger partial charge in [0, 0.05) is 24.1 Å². The highest BCUT2D eigenvalue weighted by atomic mass is 35.5. The van der Waals surface area contributed by atoms with E-state index in [0.29, 0.717) is 35.3 Å². The molecule has 5 nitrogen and oxygen atoms in total. The Morgan fingerprint density at radius 2 is 2.14 bits per heavy atom. The number of fused-ring (bicyclic) bond motifs is 1. The third-order valence-corrected chi connectivity index (χ3v) is 4.35. The standard InChI is InChI=1S/C15H18ClNO4/c16-11-6-10(7-13-14(11)21-5-4-20-13)15(19)17-12-3-1-2-9(12)8-18/h6-7,9,12,18H,1-5,8H2,(H,17,19). The summed E-state index contributed by atoms with van der Waals surface area (Å²) in [7, 11) is 0. The number of rotatable bonds is 3. The summed E-state index contributed by atoms with van der Waals surface area (Å²) in [6.07, 6.45) is 2.87. The lowest BCUT2D eigenvalue weighted by Crippen LogP contribution is -2.38. The molecule has 1 fully saturated rings. The van der Waals surface area contributed by atoms with Crippen LogP contribution in [0.3, 0.4) is 0 Å². The Hall–Kier alpha value is -1.46. The maximum Gasteiger partial charge on any atom is 0.251 e. The first-order valence-electron chi connectivity index (χ1n) is 7.20. The average Bonchev–Trinajstić information content (AvgIpc) is 2.94. The molecule has 2 unspecified atom stereocenters. The van der Waals surface area contributed by atoms with Gasteiger partial charge >= 0.3 is 0 Å². The maximum absolute atomic E-state index is 12.4. The summed E-state index contributed by atoms with van der Waals surface area (Å²) in [5, 5.41) is 12.7. The van der Waals surface area contributed by atoms with Crippen LogP contribution in [0.15, 0.2) is 12.1 Å². The van der Waals surface area contributed by atoms with E-state index < -0.39 is 0 Å². The van der Waals surface area contributed by atoms with Gasteiger partial charge in [0.15, 0.2) is 11.5 Å². The van der Waals surface area contributed by atoms with Crippen molar-refractivity contribution in [3.8, 4) is 11.5 Å². The second-order valence-electron chi connectivity index (χ2n) is 5.44. The van der Waals surface area contributed by atoms with E-state index in [0.717, 1.165) is 19.3 Å². The van der Waals surface area contributed by atoms with Gasteiger partial charge in [0.05, 0.1) is 5.02 Å². The first-order chi connectivity index (χ1) is 10.2. The van der Waals surface area contributed by atoms with Gasteiger partial charge < -0.3 is 19.9 Å². The fourth-order valence-corrected chi connectivity index (χ4v) is 3.20. The van der Waals surface area contributed by atoms with Gasteiger partial charge in [0.2, 0.25) is 0 Å². The Morgan fingerprint density at radius 3 is 2.95 bits per heavy atom. The Bertz CT molecular complexity index is 549. The van der Waals surface area contributed by atoms with Crippen LogP contribution in [-0.4, -0.2) is 36.9 Å². The van der Waals surface area contributed by atoms with Crippen LogP contribution in [0, 0.1) is 5.92 Å². The highest BCUT2D eigenvalue weighted by molar-refractivity contribution is 6.32. The van der Waals surface area contributed by atoms with Crippen LogP contribution in [0.5, 0.6) is 11.5 Å². The van der Waals surface area contributed by atoms with Crippen molar-refractivity contribution in [3.63, 3.8) is 0 Å². The van der Waals surface area contributed by atoms with E-state index in [1.165, 1.54) is 0 Å². The van der Waals surface area contributed by atoms with E-state index in [-0.39, 0.29) is 24.5 Å². The van der Waals surface area contributed by atoms with Crippen LogP contribution in [0.1, 0.15) is 29.6 Å². The quantitative estimate of drug-likeness (QED) is 0.896. The van der Waals surface area contributed by atoms with E-state index in [2.05, 4.69) is 5.32 Å². The Balaban J connectivity index is 1.77. The van der Waals surface area contributed by atoms with Gasteiger partial charge in [-0.2, -0.15) is 0 Å². The summed E-state index contributed by atoms with van der Waals surface area (Å²) in [6.45, 7) is 1.01. The van der Waals surface area contributed by atoms with Crippen molar-refractivity contribution >= 4 is 17.5 Å². The highest BCUT2D eigenvalue weighted by Gasteiger charge is 2.28. The molecule has 1 heterocycles. The lowest BCUT2D eigenvalue weighted by atomic mass is 10.0. The molecule has 114 valence electrons. The minimum absolute atomic E-state index is 0.0227. The molecule has 2 aliphatic rings. The molecule has 1 aromatic rings. The molecule has 0 aromatic heterocycles. The van der Waals surface area contributed by atoms with Crippen LogP contribution in [-0.2, 0) is 0 Å². The van der Waals surface area contributed by atoms with Crippen molar-refractivity contribution in [2.75, 3.05) is 19.8 Å². The zero-order valence-electron chi connectivity index (χ0n) is 11.6. The van der Waals surface area contributed by atoms with Gasteiger partial charge in [-0.3, -0.25) is 4.79 Å². The van der Waals surface area contributed by atoms with E-state index in [4.69, 9.17) is 21.1 Å². The Morgan fingerprint density at radius 1 is 1.33 bits per heavy atom. The molecule has 1 saturated carbocycles. The molecular weight excluding hydrogens is 294 g/mol. The molecule has 1 amide bonds. The molecule has 1 aliphatic heterocycles. The molecular formula is C15H18ClNO4. The number of ether oxygens (including phenoxy) is 2. The first kappa shape index (κ1) is 14.5. The topological polar surface area (TPSA) is 67.8 Å². The van der Waals surface area contributed by atoms with E-state index in [1.54, 1.807) is 12.1 Å². The smallest absolute Gasteiger partial charge is 0.251 e. The average molecular weight is 312 g/mol. The number of hydrogen-bond acceptors (Lipinski definition) is 4. The number of halogens is 1. The fourth-order valence-electron chi connectivity index (χ4n) is 2.94. The van der Waals surface area contributed by atoms with Crippen molar-refractivity contribution in [2.45, 2.75) is 25.3 Å². The highest BCUT2D eigenvalue weighted by Crippen LogP contribution is 2.38. The van der Waals surface area contributed by atoms with Crippen molar-refractivity contribution < 1.29 is 19.4 Å². The lowest BCUT2D eigenvalue weighted by molar-refractivity contribution is 0.0915. The zero-order valence-corrected chi connectivity index (χ0v) is 12.4. The SMILES string of the molecule is O=C(NC1CCCC1CO)c1cc(Cl)c2c(c1)OCCO2.